The number of hydrogen-bond acceptors (Lipinski definition) is 4. The molecule has 2 amide bonds. The first kappa shape index (κ1) is 25.6. The maximum atomic E-state index is 13.4. The lowest BCUT2D eigenvalue weighted by Crippen LogP contribution is -2.51. The number of nitro benzene ring substituents is 1. The van der Waals surface area contributed by atoms with E-state index in [0.717, 1.165) is 6.42 Å². The maximum Gasteiger partial charge on any atom is 0.273 e. The van der Waals surface area contributed by atoms with E-state index in [1.165, 1.54) is 11.0 Å². The summed E-state index contributed by atoms with van der Waals surface area (Å²) in [4.78, 5) is 38.7. The molecule has 2 aromatic carbocycles. The number of halogens is 2. The van der Waals surface area contributed by atoms with Crippen molar-refractivity contribution in [1.82, 2.24) is 10.2 Å². The summed E-state index contributed by atoms with van der Waals surface area (Å²) >= 11 is 12.3. The average Bonchev–Trinajstić information content (AvgIpc) is 2.75. The van der Waals surface area contributed by atoms with Gasteiger partial charge in [0.2, 0.25) is 11.8 Å². The minimum absolute atomic E-state index is 0.0529. The number of benzene rings is 2. The van der Waals surface area contributed by atoms with Gasteiger partial charge in [-0.25, -0.2) is 0 Å². The standard InChI is InChI=1S/C23H27Cl2N3O4/c1-4-15(3)26-23(30)20(5-2)27(14-17-10-11-18(24)13-19(17)25)22(29)12-16-8-6-7-9-21(16)28(31)32/h6-11,13,15,20H,4-5,12,14H2,1-3H3,(H,26,30)/t15-,20-/m1/s1. The van der Waals surface area contributed by atoms with Crippen molar-refractivity contribution in [2.75, 3.05) is 0 Å². The lowest BCUT2D eigenvalue weighted by molar-refractivity contribution is -0.385. The van der Waals surface area contributed by atoms with Crippen molar-refractivity contribution in [3.63, 3.8) is 0 Å². The van der Waals surface area contributed by atoms with Crippen LogP contribution in [0.2, 0.25) is 10.0 Å². The summed E-state index contributed by atoms with van der Waals surface area (Å²) in [6, 6.07) is 10.2. The van der Waals surface area contributed by atoms with Crippen LogP contribution in [0, 0.1) is 10.1 Å². The van der Waals surface area contributed by atoms with Crippen LogP contribution < -0.4 is 5.32 Å². The maximum absolute atomic E-state index is 13.4. The van der Waals surface area contributed by atoms with Crippen LogP contribution >= 0.6 is 23.2 Å². The van der Waals surface area contributed by atoms with Gasteiger partial charge in [-0.2, -0.15) is 0 Å². The van der Waals surface area contributed by atoms with Gasteiger partial charge in [-0.05, 0) is 37.5 Å². The van der Waals surface area contributed by atoms with Crippen molar-refractivity contribution in [1.29, 1.82) is 0 Å². The summed E-state index contributed by atoms with van der Waals surface area (Å²) in [5.74, 6) is -0.681. The number of amides is 2. The Bertz CT molecular complexity index is 983. The molecule has 0 spiro atoms. The molecule has 9 heteroatoms. The highest BCUT2D eigenvalue weighted by Crippen LogP contribution is 2.25. The predicted molar refractivity (Wildman–Crippen MR) is 126 cm³/mol. The molecule has 0 unspecified atom stereocenters. The predicted octanol–water partition coefficient (Wildman–Crippen LogP) is 5.17. The first-order valence-corrected chi connectivity index (χ1v) is 11.2. The molecule has 0 aliphatic heterocycles. The van der Waals surface area contributed by atoms with E-state index in [1.54, 1.807) is 36.4 Å². The largest absolute Gasteiger partial charge is 0.352 e. The Hall–Kier alpha value is -2.64. The van der Waals surface area contributed by atoms with Crippen LogP contribution in [0.15, 0.2) is 42.5 Å². The quantitative estimate of drug-likeness (QED) is 0.375. The van der Waals surface area contributed by atoms with E-state index in [2.05, 4.69) is 5.32 Å². The fraction of sp³-hybridized carbons (Fsp3) is 0.391. The molecule has 1 N–H and O–H groups in total. The zero-order valence-electron chi connectivity index (χ0n) is 18.3. The molecule has 0 aromatic heterocycles. The molecular formula is C23H27Cl2N3O4. The molecule has 0 saturated carbocycles. The van der Waals surface area contributed by atoms with Crippen LogP contribution in [0.1, 0.15) is 44.7 Å². The van der Waals surface area contributed by atoms with Gasteiger partial charge >= 0.3 is 0 Å². The van der Waals surface area contributed by atoms with Gasteiger partial charge in [0.25, 0.3) is 5.69 Å². The second-order valence-corrected chi connectivity index (χ2v) is 8.41. The average molecular weight is 480 g/mol. The number of carbonyl (C=O) groups excluding carboxylic acids is 2. The number of rotatable bonds is 10. The summed E-state index contributed by atoms with van der Waals surface area (Å²) in [6.07, 6.45) is 0.904. The van der Waals surface area contributed by atoms with Gasteiger partial charge < -0.3 is 10.2 Å². The van der Waals surface area contributed by atoms with Crippen molar-refractivity contribution < 1.29 is 14.5 Å². The molecule has 172 valence electrons. The Morgan fingerprint density at radius 3 is 2.38 bits per heavy atom. The van der Waals surface area contributed by atoms with Gasteiger partial charge in [0.15, 0.2) is 0 Å². The Morgan fingerprint density at radius 2 is 1.78 bits per heavy atom. The van der Waals surface area contributed by atoms with Gasteiger partial charge in [-0.1, -0.05) is 61.3 Å². The first-order chi connectivity index (χ1) is 15.2. The Labute approximate surface area is 197 Å². The van der Waals surface area contributed by atoms with Crippen LogP contribution in [0.25, 0.3) is 0 Å². The highest BCUT2D eigenvalue weighted by molar-refractivity contribution is 6.35. The molecule has 2 rings (SSSR count). The zero-order chi connectivity index (χ0) is 23.8. The molecular weight excluding hydrogens is 453 g/mol. The molecule has 0 fully saturated rings. The van der Waals surface area contributed by atoms with E-state index in [1.807, 2.05) is 20.8 Å². The molecule has 32 heavy (non-hydrogen) atoms. The van der Waals surface area contributed by atoms with Crippen molar-refractivity contribution in [3.05, 3.63) is 73.8 Å². The van der Waals surface area contributed by atoms with Crippen molar-refractivity contribution in [2.45, 2.75) is 58.7 Å². The molecule has 0 radical (unpaired) electrons. The monoisotopic (exact) mass is 479 g/mol. The van der Waals surface area contributed by atoms with Crippen molar-refractivity contribution in [2.24, 2.45) is 0 Å². The molecule has 2 aromatic rings. The first-order valence-electron chi connectivity index (χ1n) is 10.4. The summed E-state index contributed by atoms with van der Waals surface area (Å²) < 4.78 is 0. The van der Waals surface area contributed by atoms with Crippen molar-refractivity contribution in [3.8, 4) is 0 Å². The number of nitrogens with one attached hydrogen (secondary N) is 1. The van der Waals surface area contributed by atoms with Gasteiger partial charge in [0, 0.05) is 34.3 Å². The van der Waals surface area contributed by atoms with Gasteiger partial charge in [0.1, 0.15) is 6.04 Å². The summed E-state index contributed by atoms with van der Waals surface area (Å²) in [7, 11) is 0. The SMILES string of the molecule is CC[C@@H](C)NC(=O)[C@@H](CC)N(Cc1ccc(Cl)cc1Cl)C(=O)Cc1ccccc1[N+](=O)[O-]. The second-order valence-electron chi connectivity index (χ2n) is 7.56. The van der Waals surface area contributed by atoms with E-state index in [-0.39, 0.29) is 36.2 Å². The van der Waals surface area contributed by atoms with Gasteiger partial charge in [-0.15, -0.1) is 0 Å². The molecule has 7 nitrogen and oxygen atoms in total. The van der Waals surface area contributed by atoms with Gasteiger partial charge in [-0.3, -0.25) is 19.7 Å². The molecule has 2 atom stereocenters. The van der Waals surface area contributed by atoms with Crippen LogP contribution in [0.3, 0.4) is 0 Å². The smallest absolute Gasteiger partial charge is 0.273 e. The second kappa shape index (κ2) is 11.8. The molecule has 0 bridgehead atoms. The lowest BCUT2D eigenvalue weighted by Gasteiger charge is -2.31. The van der Waals surface area contributed by atoms with Crippen molar-refractivity contribution >= 4 is 40.7 Å². The fourth-order valence-corrected chi connectivity index (χ4v) is 3.77. The molecule has 0 aliphatic rings. The summed E-state index contributed by atoms with van der Waals surface area (Å²) in [5.41, 5.74) is 0.774. The third-order valence-corrected chi connectivity index (χ3v) is 5.86. The topological polar surface area (TPSA) is 92.6 Å². The number of nitrogens with zero attached hydrogens (tertiary/aromatic N) is 2. The number of carbonyl (C=O) groups is 2. The lowest BCUT2D eigenvalue weighted by atomic mass is 10.0. The van der Waals surface area contributed by atoms with E-state index < -0.39 is 16.9 Å². The summed E-state index contributed by atoms with van der Waals surface area (Å²) in [5, 5.41) is 15.1. The van der Waals surface area contributed by atoms with Crippen LogP contribution in [0.5, 0.6) is 0 Å². The van der Waals surface area contributed by atoms with Crippen LogP contribution in [-0.4, -0.2) is 33.7 Å². The highest BCUT2D eigenvalue weighted by Gasteiger charge is 2.30. The normalized spacial score (nSPS) is 12.7. The van der Waals surface area contributed by atoms with Gasteiger partial charge in [0.05, 0.1) is 11.3 Å². The van der Waals surface area contributed by atoms with Crippen LogP contribution in [0.4, 0.5) is 5.69 Å². The third kappa shape index (κ3) is 6.68. The van der Waals surface area contributed by atoms with E-state index in [4.69, 9.17) is 23.2 Å². The third-order valence-electron chi connectivity index (χ3n) is 5.27. The molecule has 0 heterocycles. The highest BCUT2D eigenvalue weighted by atomic mass is 35.5. The number of nitro groups is 1. The molecule has 0 aliphatic carbocycles. The molecule has 0 saturated heterocycles. The Balaban J connectivity index is 2.41. The summed E-state index contributed by atoms with van der Waals surface area (Å²) in [6.45, 7) is 5.73. The Kier molecular flexibility index (Phi) is 9.47. The van der Waals surface area contributed by atoms with Crippen LogP contribution in [-0.2, 0) is 22.6 Å². The zero-order valence-corrected chi connectivity index (χ0v) is 19.8. The Morgan fingerprint density at radius 1 is 1.09 bits per heavy atom. The minimum atomic E-state index is -0.758. The van der Waals surface area contributed by atoms with E-state index >= 15 is 0 Å². The van der Waals surface area contributed by atoms with E-state index in [0.29, 0.717) is 22.0 Å². The number of hydrogen-bond donors (Lipinski definition) is 1. The number of para-hydroxylation sites is 1. The fourth-order valence-electron chi connectivity index (χ4n) is 3.30. The minimum Gasteiger partial charge on any atom is -0.352 e. The van der Waals surface area contributed by atoms with E-state index in [9.17, 15) is 19.7 Å².